The second-order valence-electron chi connectivity index (χ2n) is 4.91. The number of benzene rings is 2. The molecule has 116 valence electrons. The number of anilines is 1. The van der Waals surface area contributed by atoms with Gasteiger partial charge >= 0.3 is 11.8 Å². The van der Waals surface area contributed by atoms with Gasteiger partial charge < -0.3 is 14.5 Å². The van der Waals surface area contributed by atoms with Crippen molar-refractivity contribution in [1.82, 2.24) is 10.2 Å². The van der Waals surface area contributed by atoms with E-state index >= 15 is 0 Å². The molecule has 0 fully saturated rings. The molecule has 6 nitrogen and oxygen atoms in total. The standard InChI is InChI=1S/C17H15N3O3/c1-11-5-3-4-6-14(11)18-15(21)17-20-19-16(23-17)12-7-9-13(22-2)10-8-12/h3-10H,1-2H3,(H,18,21). The Balaban J connectivity index is 1.78. The molecule has 0 aliphatic carbocycles. The van der Waals surface area contributed by atoms with Gasteiger partial charge in [0.25, 0.3) is 0 Å². The quantitative estimate of drug-likeness (QED) is 0.800. The predicted octanol–water partition coefficient (Wildman–Crippen LogP) is 3.31. The minimum Gasteiger partial charge on any atom is -0.497 e. The number of para-hydroxylation sites is 1. The molecule has 0 saturated carbocycles. The zero-order chi connectivity index (χ0) is 16.2. The molecule has 23 heavy (non-hydrogen) atoms. The summed E-state index contributed by atoms with van der Waals surface area (Å²) in [7, 11) is 1.59. The Morgan fingerprint density at radius 3 is 2.52 bits per heavy atom. The van der Waals surface area contributed by atoms with Crippen molar-refractivity contribution >= 4 is 11.6 Å². The zero-order valence-electron chi connectivity index (χ0n) is 12.7. The van der Waals surface area contributed by atoms with Crippen LogP contribution in [0, 0.1) is 6.92 Å². The van der Waals surface area contributed by atoms with Gasteiger partial charge in [0, 0.05) is 11.3 Å². The van der Waals surface area contributed by atoms with Gasteiger partial charge in [0.15, 0.2) is 0 Å². The van der Waals surface area contributed by atoms with Crippen LogP contribution < -0.4 is 10.1 Å². The molecule has 1 heterocycles. The van der Waals surface area contributed by atoms with E-state index < -0.39 is 5.91 Å². The number of hydrogen-bond donors (Lipinski definition) is 1. The van der Waals surface area contributed by atoms with Crippen molar-refractivity contribution < 1.29 is 13.9 Å². The minimum atomic E-state index is -0.438. The van der Waals surface area contributed by atoms with Crippen LogP contribution in [0.5, 0.6) is 5.75 Å². The number of nitrogens with one attached hydrogen (secondary N) is 1. The molecular weight excluding hydrogens is 294 g/mol. The van der Waals surface area contributed by atoms with Crippen molar-refractivity contribution in [2.75, 3.05) is 12.4 Å². The van der Waals surface area contributed by atoms with E-state index in [4.69, 9.17) is 9.15 Å². The highest BCUT2D eigenvalue weighted by atomic mass is 16.5. The fourth-order valence-electron chi connectivity index (χ4n) is 2.05. The van der Waals surface area contributed by atoms with Crippen LogP contribution in [0.15, 0.2) is 52.9 Å². The molecule has 0 radical (unpaired) electrons. The van der Waals surface area contributed by atoms with Crippen molar-refractivity contribution in [1.29, 1.82) is 0 Å². The Morgan fingerprint density at radius 1 is 1.09 bits per heavy atom. The van der Waals surface area contributed by atoms with E-state index in [1.54, 1.807) is 31.4 Å². The van der Waals surface area contributed by atoms with E-state index in [-0.39, 0.29) is 11.8 Å². The highest BCUT2D eigenvalue weighted by Gasteiger charge is 2.16. The minimum absolute atomic E-state index is 0.0842. The van der Waals surface area contributed by atoms with Gasteiger partial charge in [0.05, 0.1) is 7.11 Å². The molecule has 2 aromatic carbocycles. The van der Waals surface area contributed by atoms with Gasteiger partial charge in [-0.25, -0.2) is 0 Å². The molecule has 0 spiro atoms. The van der Waals surface area contributed by atoms with Crippen molar-refractivity contribution in [3.63, 3.8) is 0 Å². The van der Waals surface area contributed by atoms with Crippen molar-refractivity contribution in [2.24, 2.45) is 0 Å². The largest absolute Gasteiger partial charge is 0.497 e. The number of methoxy groups -OCH3 is 1. The first-order valence-electron chi connectivity index (χ1n) is 7.02. The summed E-state index contributed by atoms with van der Waals surface area (Å²) in [5, 5.41) is 10.5. The first-order chi connectivity index (χ1) is 11.2. The average Bonchev–Trinajstić information content (AvgIpc) is 3.07. The van der Waals surface area contributed by atoms with Gasteiger partial charge in [0.2, 0.25) is 5.89 Å². The number of carbonyl (C=O) groups is 1. The molecule has 0 bridgehead atoms. The Bertz CT molecular complexity index is 825. The van der Waals surface area contributed by atoms with Crippen LogP contribution in [-0.2, 0) is 0 Å². The van der Waals surface area contributed by atoms with Crippen LogP contribution in [0.25, 0.3) is 11.5 Å². The third-order valence-corrected chi connectivity index (χ3v) is 3.35. The van der Waals surface area contributed by atoms with Gasteiger partial charge in [-0.2, -0.15) is 0 Å². The summed E-state index contributed by atoms with van der Waals surface area (Å²) < 4.78 is 10.5. The van der Waals surface area contributed by atoms with E-state index in [1.807, 2.05) is 31.2 Å². The molecule has 0 aliphatic heterocycles. The van der Waals surface area contributed by atoms with Crippen LogP contribution in [-0.4, -0.2) is 23.2 Å². The van der Waals surface area contributed by atoms with Crippen LogP contribution >= 0.6 is 0 Å². The van der Waals surface area contributed by atoms with Crippen LogP contribution in [0.1, 0.15) is 16.2 Å². The molecule has 0 aliphatic rings. The lowest BCUT2D eigenvalue weighted by Gasteiger charge is -2.05. The Morgan fingerprint density at radius 2 is 1.83 bits per heavy atom. The molecule has 3 rings (SSSR count). The maximum absolute atomic E-state index is 12.2. The molecule has 0 atom stereocenters. The summed E-state index contributed by atoms with van der Waals surface area (Å²) in [6.07, 6.45) is 0. The Labute approximate surface area is 133 Å². The van der Waals surface area contributed by atoms with Crippen LogP contribution in [0.4, 0.5) is 5.69 Å². The van der Waals surface area contributed by atoms with Crippen molar-refractivity contribution in [2.45, 2.75) is 6.92 Å². The van der Waals surface area contributed by atoms with Crippen LogP contribution in [0.2, 0.25) is 0 Å². The summed E-state index contributed by atoms with van der Waals surface area (Å²) in [5.74, 6) is 0.485. The van der Waals surface area contributed by atoms with E-state index in [2.05, 4.69) is 15.5 Å². The summed E-state index contributed by atoms with van der Waals surface area (Å²) in [5.41, 5.74) is 2.38. The second kappa shape index (κ2) is 6.31. The number of aromatic nitrogens is 2. The lowest BCUT2D eigenvalue weighted by Crippen LogP contribution is -2.13. The lowest BCUT2D eigenvalue weighted by molar-refractivity contribution is 0.0990. The third kappa shape index (κ3) is 3.21. The number of aryl methyl sites for hydroxylation is 1. The smallest absolute Gasteiger partial charge is 0.313 e. The first kappa shape index (κ1) is 14.8. The molecule has 1 N–H and O–H groups in total. The summed E-state index contributed by atoms with van der Waals surface area (Å²) in [4.78, 5) is 12.2. The Kier molecular flexibility index (Phi) is 4.05. The normalized spacial score (nSPS) is 10.3. The molecule has 6 heteroatoms. The topological polar surface area (TPSA) is 77.2 Å². The Hall–Kier alpha value is -3.15. The zero-order valence-corrected chi connectivity index (χ0v) is 12.7. The molecule has 1 aromatic heterocycles. The summed E-state index contributed by atoms with van der Waals surface area (Å²) >= 11 is 0. The molecule has 3 aromatic rings. The average molecular weight is 309 g/mol. The van der Waals surface area contributed by atoms with Crippen molar-refractivity contribution in [3.05, 3.63) is 60.0 Å². The maximum Gasteiger partial charge on any atom is 0.313 e. The van der Waals surface area contributed by atoms with E-state index in [0.29, 0.717) is 11.3 Å². The molecule has 0 unspecified atom stereocenters. The van der Waals surface area contributed by atoms with Gasteiger partial charge in [-0.15, -0.1) is 10.2 Å². The molecular formula is C17H15N3O3. The number of nitrogens with zero attached hydrogens (tertiary/aromatic N) is 2. The second-order valence-corrected chi connectivity index (χ2v) is 4.91. The van der Waals surface area contributed by atoms with E-state index in [9.17, 15) is 4.79 Å². The monoisotopic (exact) mass is 309 g/mol. The fraction of sp³-hybridized carbons (Fsp3) is 0.118. The highest BCUT2D eigenvalue weighted by molar-refractivity contribution is 6.01. The van der Waals surface area contributed by atoms with E-state index in [0.717, 1.165) is 11.3 Å². The molecule has 0 saturated heterocycles. The first-order valence-corrected chi connectivity index (χ1v) is 7.02. The van der Waals surface area contributed by atoms with Gasteiger partial charge in [-0.05, 0) is 42.8 Å². The fourth-order valence-corrected chi connectivity index (χ4v) is 2.05. The van der Waals surface area contributed by atoms with E-state index in [1.165, 1.54) is 0 Å². The highest BCUT2D eigenvalue weighted by Crippen LogP contribution is 2.21. The van der Waals surface area contributed by atoms with Crippen LogP contribution in [0.3, 0.4) is 0 Å². The van der Waals surface area contributed by atoms with Gasteiger partial charge in [-0.3, -0.25) is 4.79 Å². The van der Waals surface area contributed by atoms with Gasteiger partial charge in [0.1, 0.15) is 5.75 Å². The number of amides is 1. The van der Waals surface area contributed by atoms with Gasteiger partial charge in [-0.1, -0.05) is 18.2 Å². The predicted molar refractivity (Wildman–Crippen MR) is 85.4 cm³/mol. The number of ether oxygens (including phenoxy) is 1. The number of carbonyl (C=O) groups excluding carboxylic acids is 1. The summed E-state index contributed by atoms with van der Waals surface area (Å²) in [6, 6.07) is 14.6. The maximum atomic E-state index is 12.2. The SMILES string of the molecule is COc1ccc(-c2nnc(C(=O)Nc3ccccc3C)o2)cc1. The summed E-state index contributed by atoms with van der Waals surface area (Å²) in [6.45, 7) is 1.91. The number of hydrogen-bond acceptors (Lipinski definition) is 5. The third-order valence-electron chi connectivity index (χ3n) is 3.35. The van der Waals surface area contributed by atoms with Crippen molar-refractivity contribution in [3.8, 4) is 17.2 Å². The lowest BCUT2D eigenvalue weighted by atomic mass is 10.2. The number of rotatable bonds is 4. The molecule has 1 amide bonds.